The van der Waals surface area contributed by atoms with E-state index >= 15 is 0 Å². The van der Waals surface area contributed by atoms with E-state index in [9.17, 15) is 4.79 Å². The number of carbonyl (C=O) groups excluding carboxylic acids is 1. The van der Waals surface area contributed by atoms with E-state index in [1.165, 1.54) is 11.8 Å². The van der Waals surface area contributed by atoms with Crippen molar-refractivity contribution in [3.05, 3.63) is 29.3 Å². The van der Waals surface area contributed by atoms with Crippen LogP contribution in [0.3, 0.4) is 0 Å². The number of halogens is 1. The van der Waals surface area contributed by atoms with E-state index in [4.69, 9.17) is 11.6 Å². The monoisotopic (exact) mass is 394 g/mol. The van der Waals surface area contributed by atoms with Gasteiger partial charge in [-0.2, -0.15) is 15.0 Å². The number of rotatable bonds is 9. The van der Waals surface area contributed by atoms with Crippen molar-refractivity contribution < 1.29 is 4.79 Å². The van der Waals surface area contributed by atoms with E-state index in [0.717, 1.165) is 6.42 Å². The number of benzene rings is 1. The Labute approximate surface area is 162 Å². The Morgan fingerprint density at radius 2 is 1.92 bits per heavy atom. The topological polar surface area (TPSA) is 91.8 Å². The molecule has 26 heavy (non-hydrogen) atoms. The molecule has 0 spiro atoms. The van der Waals surface area contributed by atoms with Gasteiger partial charge in [0.05, 0.1) is 16.5 Å². The SMILES string of the molecule is CCNc1nc(N[C@H](C)CC)nc(SCC(=O)Nc2ccccc2Cl)n1. The van der Waals surface area contributed by atoms with Gasteiger partial charge in [0.25, 0.3) is 0 Å². The van der Waals surface area contributed by atoms with Gasteiger partial charge in [0.15, 0.2) is 5.16 Å². The molecular weight excluding hydrogens is 372 g/mol. The second-order valence-electron chi connectivity index (χ2n) is 5.57. The van der Waals surface area contributed by atoms with E-state index in [1.807, 2.05) is 19.1 Å². The number of hydrogen-bond donors (Lipinski definition) is 3. The molecule has 1 aromatic heterocycles. The number of para-hydroxylation sites is 1. The lowest BCUT2D eigenvalue weighted by molar-refractivity contribution is -0.113. The van der Waals surface area contributed by atoms with Crippen LogP contribution in [0.25, 0.3) is 0 Å². The number of anilines is 3. The number of amides is 1. The molecular formula is C17H23ClN6OS. The van der Waals surface area contributed by atoms with Crippen LogP contribution in [0.1, 0.15) is 27.2 Å². The van der Waals surface area contributed by atoms with Crippen LogP contribution in [-0.2, 0) is 4.79 Å². The lowest BCUT2D eigenvalue weighted by Crippen LogP contribution is -2.18. The number of hydrogen-bond acceptors (Lipinski definition) is 7. The molecule has 0 fully saturated rings. The zero-order chi connectivity index (χ0) is 18.9. The Kier molecular flexibility index (Phi) is 7.93. The fraction of sp³-hybridized carbons (Fsp3) is 0.412. The van der Waals surface area contributed by atoms with Crippen molar-refractivity contribution >= 4 is 46.9 Å². The summed E-state index contributed by atoms with van der Waals surface area (Å²) in [6.07, 6.45) is 0.949. The number of nitrogens with zero attached hydrogens (tertiary/aromatic N) is 3. The molecule has 1 heterocycles. The van der Waals surface area contributed by atoms with Gasteiger partial charge in [-0.1, -0.05) is 42.4 Å². The summed E-state index contributed by atoms with van der Waals surface area (Å²) in [7, 11) is 0. The highest BCUT2D eigenvalue weighted by Gasteiger charge is 2.11. The highest BCUT2D eigenvalue weighted by atomic mass is 35.5. The summed E-state index contributed by atoms with van der Waals surface area (Å²) < 4.78 is 0. The zero-order valence-corrected chi connectivity index (χ0v) is 16.6. The molecule has 0 saturated heterocycles. The molecule has 1 aromatic carbocycles. The lowest BCUT2D eigenvalue weighted by Gasteiger charge is -2.13. The number of nitrogens with one attached hydrogen (secondary N) is 3. The molecule has 3 N–H and O–H groups in total. The van der Waals surface area contributed by atoms with Crippen LogP contribution in [0.4, 0.5) is 17.6 Å². The van der Waals surface area contributed by atoms with Crippen LogP contribution >= 0.6 is 23.4 Å². The van der Waals surface area contributed by atoms with Crippen LogP contribution in [0.2, 0.25) is 5.02 Å². The second kappa shape index (κ2) is 10.2. The van der Waals surface area contributed by atoms with Gasteiger partial charge in [-0.05, 0) is 32.4 Å². The van der Waals surface area contributed by atoms with Crippen LogP contribution < -0.4 is 16.0 Å². The first-order valence-corrected chi connectivity index (χ1v) is 9.81. The standard InChI is InChI=1S/C17H23ClN6OS/c1-4-11(3)20-16-22-15(19-5-2)23-17(24-16)26-10-14(25)21-13-9-7-6-8-12(13)18/h6-9,11H,4-5,10H2,1-3H3,(H,21,25)(H2,19,20,22,23,24)/t11-/m1/s1. The number of thioether (sulfide) groups is 1. The molecule has 0 saturated carbocycles. The van der Waals surface area contributed by atoms with Gasteiger partial charge in [0.1, 0.15) is 0 Å². The molecule has 1 amide bonds. The Bertz CT molecular complexity index is 745. The molecule has 1 atom stereocenters. The largest absolute Gasteiger partial charge is 0.354 e. The molecule has 9 heteroatoms. The Morgan fingerprint density at radius 3 is 2.62 bits per heavy atom. The number of carbonyl (C=O) groups is 1. The van der Waals surface area contributed by atoms with Crippen molar-refractivity contribution in [3.63, 3.8) is 0 Å². The fourth-order valence-corrected chi connectivity index (χ4v) is 2.74. The summed E-state index contributed by atoms with van der Waals surface area (Å²) in [5, 5.41) is 10.1. The minimum Gasteiger partial charge on any atom is -0.354 e. The molecule has 0 aliphatic rings. The molecule has 0 bridgehead atoms. The van der Waals surface area contributed by atoms with Gasteiger partial charge in [0.2, 0.25) is 17.8 Å². The maximum atomic E-state index is 12.2. The van der Waals surface area contributed by atoms with Crippen molar-refractivity contribution in [2.75, 3.05) is 28.2 Å². The third kappa shape index (κ3) is 6.34. The smallest absolute Gasteiger partial charge is 0.234 e. The molecule has 2 aromatic rings. The maximum absolute atomic E-state index is 12.2. The van der Waals surface area contributed by atoms with Gasteiger partial charge in [-0.25, -0.2) is 0 Å². The summed E-state index contributed by atoms with van der Waals surface area (Å²) in [6, 6.07) is 7.35. The van der Waals surface area contributed by atoms with E-state index in [2.05, 4.69) is 44.7 Å². The summed E-state index contributed by atoms with van der Waals surface area (Å²) >= 11 is 7.30. The van der Waals surface area contributed by atoms with Gasteiger partial charge in [-0.3, -0.25) is 4.79 Å². The third-order valence-electron chi connectivity index (χ3n) is 3.42. The minimum absolute atomic E-state index is 0.170. The van der Waals surface area contributed by atoms with E-state index < -0.39 is 0 Å². The Hall–Kier alpha value is -2.06. The third-order valence-corrected chi connectivity index (χ3v) is 4.59. The molecule has 0 radical (unpaired) electrons. The van der Waals surface area contributed by atoms with Crippen LogP contribution in [0, 0.1) is 0 Å². The van der Waals surface area contributed by atoms with E-state index in [1.54, 1.807) is 12.1 Å². The summed E-state index contributed by atoms with van der Waals surface area (Å²) in [6.45, 7) is 6.80. The predicted octanol–water partition coefficient (Wildman–Crippen LogP) is 3.90. The minimum atomic E-state index is -0.176. The van der Waals surface area contributed by atoms with Gasteiger partial charge < -0.3 is 16.0 Å². The lowest BCUT2D eigenvalue weighted by atomic mass is 10.3. The molecule has 7 nitrogen and oxygen atoms in total. The first kappa shape index (κ1) is 20.3. The van der Waals surface area contributed by atoms with Gasteiger partial charge >= 0.3 is 0 Å². The summed E-state index contributed by atoms with van der Waals surface area (Å²) in [5.41, 5.74) is 0.586. The maximum Gasteiger partial charge on any atom is 0.234 e. The average molecular weight is 395 g/mol. The zero-order valence-electron chi connectivity index (χ0n) is 15.0. The summed E-state index contributed by atoms with van der Waals surface area (Å²) in [5.74, 6) is 0.982. The second-order valence-corrected chi connectivity index (χ2v) is 6.92. The van der Waals surface area contributed by atoms with Gasteiger partial charge in [0, 0.05) is 12.6 Å². The highest BCUT2D eigenvalue weighted by molar-refractivity contribution is 7.99. The quantitative estimate of drug-likeness (QED) is 0.555. The molecule has 2 rings (SSSR count). The van der Waals surface area contributed by atoms with Crippen LogP contribution in [-0.4, -0.2) is 39.2 Å². The molecule has 0 aliphatic carbocycles. The van der Waals surface area contributed by atoms with Crippen LogP contribution in [0.5, 0.6) is 0 Å². The number of aromatic nitrogens is 3. The normalized spacial score (nSPS) is 11.7. The van der Waals surface area contributed by atoms with Crippen molar-refractivity contribution in [1.29, 1.82) is 0 Å². The molecule has 140 valence electrons. The fourth-order valence-electron chi connectivity index (χ4n) is 1.92. The highest BCUT2D eigenvalue weighted by Crippen LogP contribution is 2.22. The first-order chi connectivity index (χ1) is 12.5. The van der Waals surface area contributed by atoms with Crippen molar-refractivity contribution in [2.45, 2.75) is 38.4 Å². The van der Waals surface area contributed by atoms with Gasteiger partial charge in [-0.15, -0.1) is 0 Å². The van der Waals surface area contributed by atoms with Crippen molar-refractivity contribution in [1.82, 2.24) is 15.0 Å². The van der Waals surface area contributed by atoms with E-state index in [0.29, 0.717) is 34.3 Å². The van der Waals surface area contributed by atoms with Crippen molar-refractivity contribution in [3.8, 4) is 0 Å². The van der Waals surface area contributed by atoms with Crippen molar-refractivity contribution in [2.24, 2.45) is 0 Å². The Morgan fingerprint density at radius 1 is 1.19 bits per heavy atom. The molecule has 0 unspecified atom stereocenters. The van der Waals surface area contributed by atoms with E-state index in [-0.39, 0.29) is 17.7 Å². The first-order valence-electron chi connectivity index (χ1n) is 8.45. The Balaban J connectivity index is 2.02. The van der Waals surface area contributed by atoms with Crippen LogP contribution in [0.15, 0.2) is 29.4 Å². The predicted molar refractivity (Wildman–Crippen MR) is 108 cm³/mol. The average Bonchev–Trinajstić information content (AvgIpc) is 2.62. The summed E-state index contributed by atoms with van der Waals surface area (Å²) in [4.78, 5) is 25.2. The molecule has 0 aliphatic heterocycles.